The van der Waals surface area contributed by atoms with Crippen molar-refractivity contribution >= 4 is 11.6 Å². The molecule has 1 amide bonds. The molecule has 7 nitrogen and oxygen atoms in total. The van der Waals surface area contributed by atoms with E-state index in [1.54, 1.807) is 10.8 Å². The number of nitrogens with one attached hydrogen (secondary N) is 2. The molecule has 2 N–H and O–H groups in total. The number of nitrogens with zero attached hydrogens (tertiary/aromatic N) is 4. The molecule has 0 spiro atoms. The van der Waals surface area contributed by atoms with Crippen LogP contribution in [-0.2, 0) is 4.79 Å². The Morgan fingerprint density at radius 3 is 3.00 bits per heavy atom. The molecule has 0 saturated heterocycles. The first-order valence-electron chi connectivity index (χ1n) is 5.83. The van der Waals surface area contributed by atoms with Crippen LogP contribution in [0, 0.1) is 6.92 Å². The Bertz CT molecular complexity index is 660. The quantitative estimate of drug-likeness (QED) is 0.830. The van der Waals surface area contributed by atoms with E-state index in [0.29, 0.717) is 12.4 Å². The van der Waals surface area contributed by atoms with Crippen molar-refractivity contribution in [2.45, 2.75) is 6.92 Å². The summed E-state index contributed by atoms with van der Waals surface area (Å²) in [5.41, 5.74) is 2.59. The van der Waals surface area contributed by atoms with Crippen molar-refractivity contribution in [3.63, 3.8) is 0 Å². The van der Waals surface area contributed by atoms with Crippen LogP contribution in [-0.4, -0.2) is 32.7 Å². The summed E-state index contributed by atoms with van der Waals surface area (Å²) >= 11 is 0. The predicted octanol–water partition coefficient (Wildman–Crippen LogP) is 0.396. The van der Waals surface area contributed by atoms with Gasteiger partial charge in [0.05, 0.1) is 12.2 Å². The van der Waals surface area contributed by atoms with Gasteiger partial charge in [-0.15, -0.1) is 5.10 Å². The van der Waals surface area contributed by atoms with Crippen molar-refractivity contribution in [2.24, 2.45) is 0 Å². The Morgan fingerprint density at radius 1 is 1.42 bits per heavy atom. The van der Waals surface area contributed by atoms with Gasteiger partial charge in [-0.1, -0.05) is 6.07 Å². The number of aromatic nitrogens is 4. The molecule has 3 rings (SSSR count). The number of hydrogen-bond acceptors (Lipinski definition) is 5. The molecule has 0 unspecified atom stereocenters. The van der Waals surface area contributed by atoms with Gasteiger partial charge in [0.15, 0.2) is 5.82 Å². The molecule has 2 heterocycles. The third kappa shape index (κ3) is 2.30. The molecule has 0 atom stereocenters. The number of tetrazole rings is 1. The fourth-order valence-corrected chi connectivity index (χ4v) is 1.89. The van der Waals surface area contributed by atoms with Crippen molar-refractivity contribution in [3.8, 4) is 5.69 Å². The highest BCUT2D eigenvalue weighted by molar-refractivity contribution is 5.91. The standard InChI is InChI=1S/C12H12N6O/c1-8-15-16-17-18(8)11-4-2-3-9(5-11)14-10-6-12(19)13-7-10/h2-6,14H,7H2,1H3,(H,13,19). The highest BCUT2D eigenvalue weighted by atomic mass is 16.1. The SMILES string of the molecule is Cc1nnnn1-c1cccc(NC2=CC(=O)NC2)c1. The van der Waals surface area contributed by atoms with Crippen LogP contribution in [0.1, 0.15) is 5.82 Å². The summed E-state index contributed by atoms with van der Waals surface area (Å²) in [5, 5.41) is 17.3. The van der Waals surface area contributed by atoms with Crippen LogP contribution in [0.3, 0.4) is 0 Å². The molecule has 1 aliphatic rings. The number of anilines is 1. The molecular formula is C12H12N6O. The van der Waals surface area contributed by atoms with Gasteiger partial charge in [0, 0.05) is 17.5 Å². The van der Waals surface area contributed by atoms with Gasteiger partial charge in [-0.3, -0.25) is 4.79 Å². The number of carbonyl (C=O) groups is 1. The fraction of sp³-hybridized carbons (Fsp3) is 0.167. The Hall–Kier alpha value is -2.70. The number of hydrogen-bond donors (Lipinski definition) is 2. The van der Waals surface area contributed by atoms with Gasteiger partial charge in [0.25, 0.3) is 0 Å². The zero-order valence-corrected chi connectivity index (χ0v) is 10.3. The van der Waals surface area contributed by atoms with Crippen LogP contribution in [0.25, 0.3) is 5.69 Å². The summed E-state index contributed by atoms with van der Waals surface area (Å²) < 4.78 is 1.65. The lowest BCUT2D eigenvalue weighted by Crippen LogP contribution is -2.16. The smallest absolute Gasteiger partial charge is 0.246 e. The van der Waals surface area contributed by atoms with Gasteiger partial charge < -0.3 is 10.6 Å². The average Bonchev–Trinajstić information content (AvgIpc) is 2.99. The molecule has 0 saturated carbocycles. The molecule has 1 aromatic carbocycles. The predicted molar refractivity (Wildman–Crippen MR) is 68.6 cm³/mol. The lowest BCUT2D eigenvalue weighted by Gasteiger charge is -2.08. The molecule has 0 bridgehead atoms. The minimum absolute atomic E-state index is 0.0741. The number of amides is 1. The zero-order chi connectivity index (χ0) is 13.2. The molecule has 1 aromatic heterocycles. The first-order valence-corrected chi connectivity index (χ1v) is 5.83. The van der Waals surface area contributed by atoms with E-state index < -0.39 is 0 Å². The monoisotopic (exact) mass is 256 g/mol. The zero-order valence-electron chi connectivity index (χ0n) is 10.3. The second kappa shape index (κ2) is 4.52. The molecular weight excluding hydrogens is 244 g/mol. The van der Waals surface area contributed by atoms with E-state index in [1.165, 1.54) is 0 Å². The van der Waals surface area contributed by atoms with E-state index in [1.807, 2.05) is 31.2 Å². The molecule has 0 aliphatic carbocycles. The molecule has 7 heteroatoms. The van der Waals surface area contributed by atoms with E-state index in [9.17, 15) is 4.79 Å². The van der Waals surface area contributed by atoms with Gasteiger partial charge in [0.2, 0.25) is 5.91 Å². The summed E-state index contributed by atoms with van der Waals surface area (Å²) in [6.45, 7) is 2.36. The molecule has 1 aliphatic heterocycles. The number of carbonyl (C=O) groups excluding carboxylic acids is 1. The van der Waals surface area contributed by atoms with Crippen molar-refractivity contribution < 1.29 is 4.79 Å². The molecule has 0 radical (unpaired) electrons. The van der Waals surface area contributed by atoms with Gasteiger partial charge in [-0.05, 0) is 35.5 Å². The second-order valence-corrected chi connectivity index (χ2v) is 4.20. The maximum absolute atomic E-state index is 11.1. The van der Waals surface area contributed by atoms with E-state index in [-0.39, 0.29) is 5.91 Å². The van der Waals surface area contributed by atoms with E-state index in [0.717, 1.165) is 17.1 Å². The summed E-state index contributed by atoms with van der Waals surface area (Å²) in [5.74, 6) is 0.643. The van der Waals surface area contributed by atoms with Crippen molar-refractivity contribution in [1.29, 1.82) is 0 Å². The molecule has 0 fully saturated rings. The van der Waals surface area contributed by atoms with Crippen LogP contribution in [0.15, 0.2) is 36.0 Å². The minimum Gasteiger partial charge on any atom is -0.357 e. The van der Waals surface area contributed by atoms with Gasteiger partial charge in [0.1, 0.15) is 0 Å². The largest absolute Gasteiger partial charge is 0.357 e. The average molecular weight is 256 g/mol. The van der Waals surface area contributed by atoms with Crippen molar-refractivity contribution in [3.05, 3.63) is 41.9 Å². The minimum atomic E-state index is -0.0741. The third-order valence-corrected chi connectivity index (χ3v) is 2.78. The van der Waals surface area contributed by atoms with Crippen LogP contribution in [0.5, 0.6) is 0 Å². The maximum Gasteiger partial charge on any atom is 0.246 e. The summed E-state index contributed by atoms with van der Waals surface area (Å²) in [7, 11) is 0. The lowest BCUT2D eigenvalue weighted by atomic mass is 10.2. The van der Waals surface area contributed by atoms with Gasteiger partial charge >= 0.3 is 0 Å². The molecule has 96 valence electrons. The van der Waals surface area contributed by atoms with Gasteiger partial charge in [-0.2, -0.15) is 4.68 Å². The Labute approximate surface area is 109 Å². The van der Waals surface area contributed by atoms with Crippen LogP contribution >= 0.6 is 0 Å². The first-order chi connectivity index (χ1) is 9.22. The van der Waals surface area contributed by atoms with Crippen molar-refractivity contribution in [1.82, 2.24) is 25.5 Å². The third-order valence-electron chi connectivity index (χ3n) is 2.78. The molecule has 2 aromatic rings. The summed E-state index contributed by atoms with van der Waals surface area (Å²) in [4.78, 5) is 11.1. The van der Waals surface area contributed by atoms with Gasteiger partial charge in [-0.25, -0.2) is 0 Å². The second-order valence-electron chi connectivity index (χ2n) is 4.20. The summed E-state index contributed by atoms with van der Waals surface area (Å²) in [6, 6.07) is 7.67. The Kier molecular flexibility index (Phi) is 2.71. The lowest BCUT2D eigenvalue weighted by molar-refractivity contribution is -0.115. The normalized spacial score (nSPS) is 14.2. The highest BCUT2D eigenvalue weighted by Crippen LogP contribution is 2.16. The fourth-order valence-electron chi connectivity index (χ4n) is 1.89. The van der Waals surface area contributed by atoms with E-state index >= 15 is 0 Å². The number of rotatable bonds is 3. The topological polar surface area (TPSA) is 84.7 Å². The highest BCUT2D eigenvalue weighted by Gasteiger charge is 2.11. The van der Waals surface area contributed by atoms with Crippen LogP contribution in [0.4, 0.5) is 5.69 Å². The first kappa shape index (κ1) is 11.4. The number of aryl methyl sites for hydroxylation is 1. The van der Waals surface area contributed by atoms with E-state index in [4.69, 9.17) is 0 Å². The van der Waals surface area contributed by atoms with E-state index in [2.05, 4.69) is 26.2 Å². The Morgan fingerprint density at radius 2 is 2.32 bits per heavy atom. The number of benzene rings is 1. The maximum atomic E-state index is 11.1. The molecule has 19 heavy (non-hydrogen) atoms. The summed E-state index contributed by atoms with van der Waals surface area (Å²) in [6.07, 6.45) is 1.55. The van der Waals surface area contributed by atoms with Crippen LogP contribution < -0.4 is 10.6 Å². The Balaban J connectivity index is 1.86. The van der Waals surface area contributed by atoms with Crippen LogP contribution in [0.2, 0.25) is 0 Å². The van der Waals surface area contributed by atoms with Crippen molar-refractivity contribution in [2.75, 3.05) is 11.9 Å².